The fraction of sp³-hybridized carbons (Fsp3) is 0.200. The van der Waals surface area contributed by atoms with Crippen LogP contribution in [0.25, 0.3) is 0 Å². The van der Waals surface area contributed by atoms with E-state index in [9.17, 15) is 21.4 Å². The maximum Gasteiger partial charge on any atom is 0.384 e. The van der Waals surface area contributed by atoms with Crippen LogP contribution in [0.3, 0.4) is 0 Å². The first-order valence-corrected chi connectivity index (χ1v) is 12.2. The summed E-state index contributed by atoms with van der Waals surface area (Å²) in [5.41, 5.74) is 0.734. The van der Waals surface area contributed by atoms with Crippen molar-refractivity contribution in [1.82, 2.24) is 0 Å². The number of aryl methyl sites for hydroxylation is 2. The van der Waals surface area contributed by atoms with E-state index >= 15 is 0 Å². The summed E-state index contributed by atoms with van der Waals surface area (Å²) in [6.07, 6.45) is 0. The van der Waals surface area contributed by atoms with Crippen molar-refractivity contribution in [2.75, 3.05) is 6.66 Å². The lowest BCUT2D eigenvalue weighted by molar-refractivity contribution is -0.163. The van der Waals surface area contributed by atoms with Crippen LogP contribution in [-0.4, -0.2) is 23.5 Å². The molecule has 0 bridgehead atoms. The molecular weight excluding hydrogens is 419 g/mol. The molecule has 27 heavy (non-hydrogen) atoms. The van der Waals surface area contributed by atoms with Gasteiger partial charge in [0.2, 0.25) is 0 Å². The molecule has 0 amide bonds. The van der Waals surface area contributed by atoms with Crippen molar-refractivity contribution in [3.63, 3.8) is 0 Å². The highest BCUT2D eigenvalue weighted by atomic mass is 32.2. The second-order valence-electron chi connectivity index (χ2n) is 5.50. The van der Waals surface area contributed by atoms with Crippen molar-refractivity contribution in [2.45, 2.75) is 23.6 Å². The van der Waals surface area contributed by atoms with Gasteiger partial charge < -0.3 is 0 Å². The van der Waals surface area contributed by atoms with E-state index in [1.54, 1.807) is 12.1 Å². The topological polar surface area (TPSA) is 122 Å². The lowest BCUT2D eigenvalue weighted by atomic mass is 10.2. The summed E-state index contributed by atoms with van der Waals surface area (Å²) < 4.78 is 77.6. The van der Waals surface area contributed by atoms with Crippen molar-refractivity contribution in [1.29, 1.82) is 0 Å². The molecule has 0 heterocycles. The van der Waals surface area contributed by atoms with E-state index in [2.05, 4.69) is 18.0 Å². The van der Waals surface area contributed by atoms with Crippen LogP contribution in [0, 0.1) is 13.8 Å². The largest absolute Gasteiger partial charge is 0.384 e. The first-order valence-electron chi connectivity index (χ1n) is 7.39. The average molecular weight is 436 g/mol. The molecule has 0 aromatic heterocycles. The van der Waals surface area contributed by atoms with E-state index in [0.717, 1.165) is 6.66 Å². The number of rotatable bonds is 8. The first kappa shape index (κ1) is 21.7. The fourth-order valence-corrected chi connectivity index (χ4v) is 5.06. The minimum absolute atomic E-state index is 0.210. The van der Waals surface area contributed by atoms with Gasteiger partial charge in [-0.15, -0.1) is 9.35 Å². The van der Waals surface area contributed by atoms with Gasteiger partial charge in [-0.25, -0.2) is 0 Å². The molecule has 9 nitrogen and oxygen atoms in total. The summed E-state index contributed by atoms with van der Waals surface area (Å²) in [5, 5.41) is 0. The van der Waals surface area contributed by atoms with Gasteiger partial charge in [0.15, 0.2) is 0 Å². The molecule has 0 radical (unpaired) electrons. The Morgan fingerprint density at radius 1 is 0.704 bits per heavy atom. The van der Waals surface area contributed by atoms with Gasteiger partial charge in [-0.1, -0.05) is 45.1 Å². The number of benzene rings is 2. The maximum absolute atomic E-state index is 12.1. The van der Waals surface area contributed by atoms with Gasteiger partial charge in [-0.2, -0.15) is 16.8 Å². The Bertz CT molecular complexity index is 994. The zero-order valence-electron chi connectivity index (χ0n) is 14.6. The van der Waals surface area contributed by atoms with Crippen LogP contribution < -0.4 is 0 Å². The van der Waals surface area contributed by atoms with E-state index in [1.807, 2.05) is 0 Å². The van der Waals surface area contributed by atoms with Crippen LogP contribution in [0.2, 0.25) is 0 Å². The lowest BCUT2D eigenvalue weighted by Crippen LogP contribution is -2.11. The monoisotopic (exact) mass is 436 g/mol. The molecule has 0 unspecified atom stereocenters. The molecule has 0 fully saturated rings. The third-order valence-corrected chi connectivity index (χ3v) is 6.62. The van der Waals surface area contributed by atoms with Crippen molar-refractivity contribution < 1.29 is 39.4 Å². The maximum atomic E-state index is 12.1. The van der Waals surface area contributed by atoms with Gasteiger partial charge in [-0.05, 0) is 37.1 Å². The Hall–Kier alpha value is -1.59. The second kappa shape index (κ2) is 8.19. The summed E-state index contributed by atoms with van der Waals surface area (Å²) in [7, 11) is -13.2. The van der Waals surface area contributed by atoms with Gasteiger partial charge in [-0.3, -0.25) is 4.57 Å². The quantitative estimate of drug-likeness (QED) is 0.349. The fourth-order valence-electron chi connectivity index (χ4n) is 1.95. The molecule has 0 aliphatic carbocycles. The average Bonchev–Trinajstić information content (AvgIpc) is 2.59. The summed E-state index contributed by atoms with van der Waals surface area (Å²) >= 11 is 0. The molecule has 148 valence electrons. The molecule has 0 saturated heterocycles. The van der Waals surface area contributed by atoms with Gasteiger partial charge in [0.1, 0.15) is 0 Å². The summed E-state index contributed by atoms with van der Waals surface area (Å²) in [6.45, 7) is 3.83. The Morgan fingerprint density at radius 3 is 1.37 bits per heavy atom. The normalized spacial score (nSPS) is 12.9. The van der Waals surface area contributed by atoms with E-state index in [0.29, 0.717) is 11.1 Å². The molecule has 2 aromatic carbocycles. The van der Waals surface area contributed by atoms with E-state index in [4.69, 9.17) is 0 Å². The second-order valence-corrected chi connectivity index (χ2v) is 10.3. The van der Waals surface area contributed by atoms with Gasteiger partial charge >= 0.3 is 27.8 Å². The van der Waals surface area contributed by atoms with E-state index in [1.165, 1.54) is 50.2 Å². The molecule has 0 spiro atoms. The molecule has 0 aliphatic rings. The zero-order valence-corrected chi connectivity index (χ0v) is 17.1. The van der Waals surface area contributed by atoms with Crippen LogP contribution >= 0.6 is 7.60 Å². The molecule has 0 N–H and O–H groups in total. The summed E-state index contributed by atoms with van der Waals surface area (Å²) in [6, 6.07) is 11.7. The predicted molar refractivity (Wildman–Crippen MR) is 94.6 cm³/mol. The third kappa shape index (κ3) is 5.69. The minimum Gasteiger partial charge on any atom is -0.255 e. The highest BCUT2D eigenvalue weighted by Gasteiger charge is 2.30. The standard InChI is InChI=1S/C15H17O9PS2/c1-12-8-4-6-10-14(12)26(17,18)23-21-25(3,16)22-24-27(19,20)15-11-7-5-9-13(15)2/h4-11H,1-3H3. The van der Waals surface area contributed by atoms with Gasteiger partial charge in [0.05, 0.1) is 9.79 Å². The van der Waals surface area contributed by atoms with E-state index < -0.39 is 27.8 Å². The molecule has 0 aliphatic heterocycles. The Balaban J connectivity index is 2.06. The molecule has 0 saturated carbocycles. The van der Waals surface area contributed by atoms with E-state index in [-0.39, 0.29) is 9.79 Å². The third-order valence-electron chi connectivity index (χ3n) is 3.24. The Labute approximate surface area is 157 Å². The van der Waals surface area contributed by atoms with Crippen molar-refractivity contribution in [3.05, 3.63) is 59.7 Å². The van der Waals surface area contributed by atoms with Crippen LogP contribution in [0.15, 0.2) is 58.3 Å². The zero-order chi connectivity index (χ0) is 20.3. The van der Waals surface area contributed by atoms with Crippen molar-refractivity contribution in [3.8, 4) is 0 Å². The first-order chi connectivity index (χ1) is 12.4. The SMILES string of the molecule is Cc1ccccc1S(=O)(=O)OOP(C)(=O)OOS(=O)(=O)c1ccccc1C. The molecule has 12 heteroatoms. The van der Waals surface area contributed by atoms with Crippen LogP contribution in [0.5, 0.6) is 0 Å². The smallest absolute Gasteiger partial charge is 0.255 e. The molecule has 2 rings (SSSR count). The Kier molecular flexibility index (Phi) is 6.59. The van der Waals surface area contributed by atoms with Crippen LogP contribution in [-0.2, 0) is 42.8 Å². The lowest BCUT2D eigenvalue weighted by Gasteiger charge is -2.13. The van der Waals surface area contributed by atoms with Crippen molar-refractivity contribution >= 4 is 27.8 Å². The highest BCUT2D eigenvalue weighted by Crippen LogP contribution is 2.46. The van der Waals surface area contributed by atoms with Gasteiger partial charge in [0, 0.05) is 6.66 Å². The predicted octanol–water partition coefficient (Wildman–Crippen LogP) is 3.10. The highest BCUT2D eigenvalue weighted by molar-refractivity contribution is 7.87. The molecular formula is C15H17O9PS2. The number of hydrogen-bond donors (Lipinski definition) is 0. The van der Waals surface area contributed by atoms with Crippen molar-refractivity contribution in [2.24, 2.45) is 0 Å². The van der Waals surface area contributed by atoms with Gasteiger partial charge in [0.25, 0.3) is 0 Å². The Morgan fingerprint density at radius 2 is 1.04 bits per heavy atom. The molecule has 2 aromatic rings. The van der Waals surface area contributed by atoms with Crippen LogP contribution in [0.4, 0.5) is 0 Å². The van der Waals surface area contributed by atoms with Crippen LogP contribution in [0.1, 0.15) is 11.1 Å². The summed E-state index contributed by atoms with van der Waals surface area (Å²) in [5.74, 6) is 0. The summed E-state index contributed by atoms with van der Waals surface area (Å²) in [4.78, 5) is -0.420. The molecule has 0 atom stereocenters. The minimum atomic E-state index is -4.42. The number of hydrogen-bond acceptors (Lipinski definition) is 9.